The van der Waals surface area contributed by atoms with Gasteiger partial charge in [-0.25, -0.2) is 0 Å². The Labute approximate surface area is 172 Å². The Morgan fingerprint density at radius 3 is 2.97 bits per heavy atom. The van der Waals surface area contributed by atoms with Crippen LogP contribution in [0.2, 0.25) is 0 Å². The zero-order chi connectivity index (χ0) is 20.4. The Kier molecular flexibility index (Phi) is 5.73. The molecule has 1 fully saturated rings. The van der Waals surface area contributed by atoms with Gasteiger partial charge in [0.25, 0.3) is 11.5 Å². The number of rotatable bonds is 4. The van der Waals surface area contributed by atoms with E-state index in [0.717, 1.165) is 22.4 Å². The molecule has 0 radical (unpaired) electrons. The molecule has 1 aromatic carbocycles. The third-order valence-corrected chi connectivity index (χ3v) is 6.16. The predicted octanol–water partition coefficient (Wildman–Crippen LogP) is 2.27. The second kappa shape index (κ2) is 8.42. The average molecular weight is 413 g/mol. The van der Waals surface area contributed by atoms with Crippen molar-refractivity contribution in [1.82, 2.24) is 9.88 Å². The first-order valence-electron chi connectivity index (χ1n) is 9.62. The number of aromatic nitrogens is 1. The predicted molar refractivity (Wildman–Crippen MR) is 111 cm³/mol. The number of amides is 2. The number of nitrogens with zero attached hydrogens (tertiary/aromatic N) is 1. The van der Waals surface area contributed by atoms with Gasteiger partial charge < -0.3 is 19.9 Å². The highest BCUT2D eigenvalue weighted by molar-refractivity contribution is 7.98. The van der Waals surface area contributed by atoms with Crippen molar-refractivity contribution in [2.24, 2.45) is 5.92 Å². The highest BCUT2D eigenvalue weighted by Gasteiger charge is 2.32. The number of ether oxygens (including phenoxy) is 1. The normalized spacial score (nSPS) is 18.4. The number of aromatic amines is 1. The zero-order valence-corrected chi connectivity index (χ0v) is 17.0. The molecule has 2 aliphatic heterocycles. The second-order valence-electron chi connectivity index (χ2n) is 7.25. The molecule has 1 saturated heterocycles. The van der Waals surface area contributed by atoms with Crippen LogP contribution in [-0.4, -0.2) is 47.7 Å². The number of pyridine rings is 1. The highest BCUT2D eigenvalue weighted by atomic mass is 32.2. The first-order chi connectivity index (χ1) is 14.1. The largest absolute Gasteiger partial charge is 0.381 e. The summed E-state index contributed by atoms with van der Waals surface area (Å²) >= 11 is 1.58. The Hall–Kier alpha value is -2.58. The van der Waals surface area contributed by atoms with E-state index in [1.165, 1.54) is 0 Å². The van der Waals surface area contributed by atoms with Crippen molar-refractivity contribution >= 4 is 29.3 Å². The summed E-state index contributed by atoms with van der Waals surface area (Å²) in [6, 6.07) is 7.49. The quantitative estimate of drug-likeness (QED) is 0.751. The Morgan fingerprint density at radius 1 is 1.34 bits per heavy atom. The van der Waals surface area contributed by atoms with Crippen molar-refractivity contribution in [3.8, 4) is 0 Å². The number of carbonyl (C=O) groups excluding carboxylic acids is 2. The molecular formula is C21H23N3O4S. The monoisotopic (exact) mass is 413 g/mol. The number of hydrogen-bond donors (Lipinski definition) is 2. The van der Waals surface area contributed by atoms with Crippen LogP contribution >= 0.6 is 11.8 Å². The molecule has 0 spiro atoms. The van der Waals surface area contributed by atoms with Crippen molar-refractivity contribution in [3.05, 3.63) is 57.5 Å². The van der Waals surface area contributed by atoms with Crippen LogP contribution in [0.4, 0.5) is 5.69 Å². The minimum absolute atomic E-state index is 0.0826. The lowest BCUT2D eigenvalue weighted by atomic mass is 9.95. The summed E-state index contributed by atoms with van der Waals surface area (Å²) in [6.07, 6.45) is 4.81. The molecular weight excluding hydrogens is 390 g/mol. The number of thioether (sulfide) groups is 1. The maximum atomic E-state index is 12.9. The Bertz CT molecular complexity index is 998. The van der Waals surface area contributed by atoms with Gasteiger partial charge in [-0.1, -0.05) is 6.07 Å². The van der Waals surface area contributed by atoms with Gasteiger partial charge >= 0.3 is 0 Å². The minimum Gasteiger partial charge on any atom is -0.381 e. The van der Waals surface area contributed by atoms with Crippen molar-refractivity contribution in [2.75, 3.05) is 31.3 Å². The molecule has 1 aromatic heterocycles. The fraction of sp³-hybridized carbons (Fsp3) is 0.381. The summed E-state index contributed by atoms with van der Waals surface area (Å²) in [7, 11) is 0. The van der Waals surface area contributed by atoms with E-state index in [4.69, 9.17) is 4.74 Å². The van der Waals surface area contributed by atoms with Gasteiger partial charge in [-0.2, -0.15) is 0 Å². The van der Waals surface area contributed by atoms with Gasteiger partial charge in [0, 0.05) is 36.5 Å². The van der Waals surface area contributed by atoms with E-state index in [1.54, 1.807) is 28.9 Å². The summed E-state index contributed by atoms with van der Waals surface area (Å²) in [5.74, 6) is -0.435. The van der Waals surface area contributed by atoms with Crippen LogP contribution in [-0.2, 0) is 22.5 Å². The van der Waals surface area contributed by atoms with Crippen LogP contribution in [0.25, 0.3) is 0 Å². The van der Waals surface area contributed by atoms with Crippen molar-refractivity contribution < 1.29 is 14.3 Å². The lowest BCUT2D eigenvalue weighted by molar-refractivity contribution is -0.136. The van der Waals surface area contributed by atoms with Crippen LogP contribution in [0.15, 0.2) is 40.2 Å². The van der Waals surface area contributed by atoms with E-state index in [0.29, 0.717) is 38.4 Å². The molecule has 0 saturated carbocycles. The third kappa shape index (κ3) is 4.09. The highest BCUT2D eigenvalue weighted by Crippen LogP contribution is 2.25. The van der Waals surface area contributed by atoms with Crippen LogP contribution in [0.5, 0.6) is 0 Å². The smallest absolute Gasteiger partial charge is 0.261 e. The number of benzene rings is 1. The molecule has 29 heavy (non-hydrogen) atoms. The van der Waals surface area contributed by atoms with Crippen LogP contribution in [0.1, 0.15) is 27.9 Å². The number of anilines is 1. The summed E-state index contributed by atoms with van der Waals surface area (Å²) in [4.78, 5) is 43.5. The molecule has 0 aliphatic carbocycles. The second-order valence-corrected chi connectivity index (χ2v) is 8.13. The fourth-order valence-electron chi connectivity index (χ4n) is 3.88. The topological polar surface area (TPSA) is 91.5 Å². The van der Waals surface area contributed by atoms with E-state index in [1.807, 2.05) is 24.5 Å². The number of hydrogen-bond acceptors (Lipinski definition) is 5. The van der Waals surface area contributed by atoms with Crippen LogP contribution in [0, 0.1) is 5.92 Å². The van der Waals surface area contributed by atoms with E-state index in [-0.39, 0.29) is 17.4 Å². The van der Waals surface area contributed by atoms with Gasteiger partial charge in [0.05, 0.1) is 12.5 Å². The molecule has 2 aliphatic rings. The molecule has 1 unspecified atom stereocenters. The maximum absolute atomic E-state index is 12.9. The molecule has 3 heterocycles. The van der Waals surface area contributed by atoms with Gasteiger partial charge in [0.1, 0.15) is 5.56 Å². The van der Waals surface area contributed by atoms with Crippen LogP contribution < -0.4 is 10.9 Å². The first-order valence-corrected chi connectivity index (χ1v) is 10.8. The van der Waals surface area contributed by atoms with E-state index in [9.17, 15) is 14.4 Å². The summed E-state index contributed by atoms with van der Waals surface area (Å²) in [5, 5.41) is 2.83. The van der Waals surface area contributed by atoms with E-state index in [2.05, 4.69) is 10.3 Å². The molecule has 7 nitrogen and oxygen atoms in total. The minimum atomic E-state index is -0.426. The van der Waals surface area contributed by atoms with Crippen molar-refractivity contribution in [1.29, 1.82) is 0 Å². The number of carbonyl (C=O) groups is 2. The van der Waals surface area contributed by atoms with E-state index >= 15 is 0 Å². The van der Waals surface area contributed by atoms with Gasteiger partial charge in [0.15, 0.2) is 0 Å². The molecule has 0 bridgehead atoms. The van der Waals surface area contributed by atoms with E-state index < -0.39 is 11.5 Å². The van der Waals surface area contributed by atoms with Gasteiger partial charge in [0.2, 0.25) is 5.91 Å². The third-order valence-electron chi connectivity index (χ3n) is 5.43. The van der Waals surface area contributed by atoms with Gasteiger partial charge in [-0.15, -0.1) is 11.8 Å². The Morgan fingerprint density at radius 2 is 2.21 bits per heavy atom. The summed E-state index contributed by atoms with van der Waals surface area (Å²) in [6.45, 7) is 1.98. The zero-order valence-electron chi connectivity index (χ0n) is 16.2. The SMILES string of the molecule is CSc1cccc(NC(=O)c2c3c(c[nH]c2=O)CN(C(=O)C2CCOC2)CC3)c1. The Balaban J connectivity index is 1.56. The molecule has 152 valence electrons. The molecule has 1 atom stereocenters. The first kappa shape index (κ1) is 19.7. The van der Waals surface area contributed by atoms with Gasteiger partial charge in [-0.3, -0.25) is 14.4 Å². The van der Waals surface area contributed by atoms with Crippen molar-refractivity contribution in [2.45, 2.75) is 24.3 Å². The standard InChI is InChI=1S/C21H23N3O4S/c1-29-16-4-2-3-15(9-16)23-20(26)18-17-5-7-24(11-14(17)10-22-19(18)25)21(27)13-6-8-28-12-13/h2-4,9-10,13H,5-8,11-12H2,1H3,(H,22,25)(H,23,26). The maximum Gasteiger partial charge on any atom is 0.261 e. The lowest BCUT2D eigenvalue weighted by Crippen LogP contribution is -2.41. The fourth-order valence-corrected chi connectivity index (χ4v) is 4.34. The summed E-state index contributed by atoms with van der Waals surface area (Å²) < 4.78 is 5.33. The molecule has 2 N–H and O–H groups in total. The number of H-pyrrole nitrogens is 1. The number of nitrogens with one attached hydrogen (secondary N) is 2. The lowest BCUT2D eigenvalue weighted by Gasteiger charge is -2.31. The molecule has 4 rings (SSSR count). The molecule has 2 amide bonds. The van der Waals surface area contributed by atoms with Crippen molar-refractivity contribution in [3.63, 3.8) is 0 Å². The summed E-state index contributed by atoms with van der Waals surface area (Å²) in [5.41, 5.74) is 1.90. The molecule has 2 aromatic rings. The van der Waals surface area contributed by atoms with Gasteiger partial charge in [-0.05, 0) is 48.4 Å². The molecule has 8 heteroatoms. The number of fused-ring (bicyclic) bond motifs is 1. The average Bonchev–Trinajstić information content (AvgIpc) is 3.27. The van der Waals surface area contributed by atoms with Crippen LogP contribution in [0.3, 0.4) is 0 Å².